The van der Waals surface area contributed by atoms with Gasteiger partial charge in [-0.1, -0.05) is 0 Å². The number of nitrogens with one attached hydrogen (secondary N) is 2. The number of pyridine rings is 1. The van der Waals surface area contributed by atoms with Crippen LogP contribution in [0.25, 0.3) is 22.3 Å². The first-order valence-corrected chi connectivity index (χ1v) is 13.3. The third-order valence-electron chi connectivity index (χ3n) is 7.02. The van der Waals surface area contributed by atoms with Crippen molar-refractivity contribution in [3.63, 3.8) is 0 Å². The number of alkyl halides is 2. The van der Waals surface area contributed by atoms with E-state index < -0.39 is 28.5 Å². The molecule has 0 radical (unpaired) electrons. The second-order valence-corrected chi connectivity index (χ2v) is 11.4. The van der Waals surface area contributed by atoms with Crippen molar-refractivity contribution < 1.29 is 29.6 Å². The highest BCUT2D eigenvalue weighted by Gasteiger charge is 2.44. The average molecular weight is 522 g/mol. The SMILES string of the molecule is O=C(NC1COC1)[C@@H]1CCN1S(=O)(=O)c1ccc(N2CCC(F)(F)C2)c(-c2cc3ncccc3[nH]2)c1.[HH].[HH]. The predicted molar refractivity (Wildman–Crippen MR) is 133 cm³/mol. The summed E-state index contributed by atoms with van der Waals surface area (Å²) in [5.41, 5.74) is 3.00. The molecule has 0 aliphatic carbocycles. The predicted octanol–water partition coefficient (Wildman–Crippen LogP) is 2.85. The van der Waals surface area contributed by atoms with Gasteiger partial charge in [0.2, 0.25) is 15.9 Å². The molecule has 0 unspecified atom stereocenters. The van der Waals surface area contributed by atoms with Gasteiger partial charge in [0.15, 0.2) is 0 Å². The number of ether oxygens (including phenoxy) is 1. The van der Waals surface area contributed by atoms with Crippen molar-refractivity contribution in [2.24, 2.45) is 0 Å². The maximum absolute atomic E-state index is 14.0. The zero-order valence-corrected chi connectivity index (χ0v) is 20.1. The quantitative estimate of drug-likeness (QED) is 0.517. The van der Waals surface area contributed by atoms with Crippen molar-refractivity contribution in [3.8, 4) is 11.3 Å². The molecule has 194 valence electrons. The Bertz CT molecular complexity index is 1420. The highest BCUT2D eigenvalue weighted by atomic mass is 32.2. The third-order valence-corrected chi connectivity index (χ3v) is 8.93. The number of sulfonamides is 1. The van der Waals surface area contributed by atoms with Crippen LogP contribution < -0.4 is 10.2 Å². The molecular weight excluding hydrogens is 492 g/mol. The normalized spacial score (nSPS) is 22.4. The van der Waals surface area contributed by atoms with Crippen LogP contribution in [0.1, 0.15) is 15.7 Å². The minimum Gasteiger partial charge on any atom is -0.377 e. The van der Waals surface area contributed by atoms with Gasteiger partial charge in [0.1, 0.15) is 6.04 Å². The van der Waals surface area contributed by atoms with Gasteiger partial charge in [0, 0.05) is 39.8 Å². The van der Waals surface area contributed by atoms with E-state index in [9.17, 15) is 22.0 Å². The minimum atomic E-state index is -4.00. The third kappa shape index (κ3) is 4.02. The Balaban J connectivity index is 0.00000168. The number of benzene rings is 1. The van der Waals surface area contributed by atoms with Gasteiger partial charge < -0.3 is 19.9 Å². The average Bonchev–Trinajstić information content (AvgIpc) is 3.37. The lowest BCUT2D eigenvalue weighted by molar-refractivity contribution is -0.131. The molecule has 3 aromatic rings. The summed E-state index contributed by atoms with van der Waals surface area (Å²) in [4.78, 5) is 21.8. The zero-order valence-electron chi connectivity index (χ0n) is 19.3. The van der Waals surface area contributed by atoms with Crippen LogP contribution in [-0.2, 0) is 19.6 Å². The van der Waals surface area contributed by atoms with Crippen molar-refractivity contribution in [2.45, 2.75) is 35.7 Å². The van der Waals surface area contributed by atoms with Crippen LogP contribution in [0, 0.1) is 0 Å². The molecule has 5 heterocycles. The van der Waals surface area contributed by atoms with Crippen molar-refractivity contribution in [2.75, 3.05) is 37.7 Å². The fourth-order valence-electron chi connectivity index (χ4n) is 4.87. The molecule has 6 rings (SSSR count). The Morgan fingerprint density at radius 2 is 2.06 bits per heavy atom. The lowest BCUT2D eigenvalue weighted by Crippen LogP contribution is -2.61. The summed E-state index contributed by atoms with van der Waals surface area (Å²) in [7, 11) is -4.00. The molecule has 2 aromatic heterocycles. The molecule has 1 atom stereocenters. The first-order valence-electron chi connectivity index (χ1n) is 11.8. The van der Waals surface area contributed by atoms with Crippen molar-refractivity contribution in [3.05, 3.63) is 42.6 Å². The van der Waals surface area contributed by atoms with Crippen LogP contribution in [0.4, 0.5) is 14.5 Å². The Morgan fingerprint density at radius 1 is 1.22 bits per heavy atom. The molecule has 3 saturated heterocycles. The number of carbonyl (C=O) groups is 1. The van der Waals surface area contributed by atoms with Crippen LogP contribution in [0.3, 0.4) is 0 Å². The standard InChI is InChI=1S/C24H25F2N5O4S.2H2/c25-24(26)6-9-30(14-24)21-4-3-16(10-17(21)19-11-20-18(29-19)2-1-7-27-20)36(33,34)31-8-5-22(31)23(32)28-15-12-35-13-15;;/h1-4,7,10-11,15,22,29H,5-6,8-9,12-14H2,(H,28,32);2*1H/t22-;;/m0../s1. The number of anilines is 1. The van der Waals surface area contributed by atoms with E-state index in [0.717, 1.165) is 5.52 Å². The van der Waals surface area contributed by atoms with Crippen LogP contribution in [0.5, 0.6) is 0 Å². The van der Waals surface area contributed by atoms with Gasteiger partial charge in [-0.15, -0.1) is 0 Å². The van der Waals surface area contributed by atoms with Gasteiger partial charge in [-0.05, 0) is 42.8 Å². The Hall–Kier alpha value is -3.09. The molecule has 0 saturated carbocycles. The van der Waals surface area contributed by atoms with Crippen molar-refractivity contribution >= 4 is 32.7 Å². The van der Waals surface area contributed by atoms with E-state index in [1.165, 1.54) is 16.4 Å². The number of nitrogens with zero attached hydrogens (tertiary/aromatic N) is 3. The maximum Gasteiger partial charge on any atom is 0.266 e. The number of hydrogen-bond acceptors (Lipinski definition) is 6. The second kappa shape index (κ2) is 8.49. The second-order valence-electron chi connectivity index (χ2n) is 9.49. The monoisotopic (exact) mass is 521 g/mol. The number of carbonyl (C=O) groups excluding carboxylic acids is 1. The summed E-state index contributed by atoms with van der Waals surface area (Å²) in [6, 6.07) is 9.01. The number of amides is 1. The highest BCUT2D eigenvalue weighted by Crippen LogP contribution is 2.39. The molecule has 1 aromatic carbocycles. The van der Waals surface area contributed by atoms with E-state index in [2.05, 4.69) is 15.3 Å². The molecule has 9 nitrogen and oxygen atoms in total. The largest absolute Gasteiger partial charge is 0.377 e. The Kier molecular flexibility index (Phi) is 5.50. The minimum absolute atomic E-state index is 0. The van der Waals surface area contributed by atoms with Gasteiger partial charge in [-0.25, -0.2) is 17.2 Å². The number of H-pyrrole nitrogens is 1. The Morgan fingerprint density at radius 3 is 2.69 bits per heavy atom. The van der Waals surface area contributed by atoms with E-state index in [1.807, 2.05) is 6.07 Å². The molecule has 36 heavy (non-hydrogen) atoms. The van der Waals surface area contributed by atoms with Gasteiger partial charge in [0.05, 0.1) is 47.4 Å². The van der Waals surface area contributed by atoms with Gasteiger partial charge in [-0.3, -0.25) is 9.78 Å². The van der Waals surface area contributed by atoms with Crippen molar-refractivity contribution in [1.82, 2.24) is 19.6 Å². The van der Waals surface area contributed by atoms with Crippen molar-refractivity contribution in [1.29, 1.82) is 0 Å². The first kappa shape index (κ1) is 23.3. The number of rotatable bonds is 6. The van der Waals surface area contributed by atoms with Gasteiger partial charge >= 0.3 is 0 Å². The van der Waals surface area contributed by atoms with Crippen LogP contribution in [-0.4, -0.2) is 79.5 Å². The fourth-order valence-corrected chi connectivity index (χ4v) is 6.53. The van der Waals surface area contributed by atoms with Gasteiger partial charge in [-0.2, -0.15) is 4.31 Å². The first-order chi connectivity index (χ1) is 17.2. The molecule has 0 spiro atoms. The highest BCUT2D eigenvalue weighted by molar-refractivity contribution is 7.89. The molecule has 1 amide bonds. The molecule has 3 fully saturated rings. The number of fused-ring (bicyclic) bond motifs is 1. The lowest BCUT2D eigenvalue weighted by atomic mass is 10.1. The molecular formula is C24H29F2N5O4S. The molecule has 12 heteroatoms. The molecule has 3 aliphatic heterocycles. The summed E-state index contributed by atoms with van der Waals surface area (Å²) in [6.45, 7) is 0.789. The molecule has 2 N–H and O–H groups in total. The summed E-state index contributed by atoms with van der Waals surface area (Å²) in [5.74, 6) is -3.15. The fraction of sp³-hybridized carbons (Fsp3) is 0.417. The molecule has 3 aliphatic rings. The lowest BCUT2D eigenvalue weighted by Gasteiger charge is -2.40. The van der Waals surface area contributed by atoms with Crippen LogP contribution >= 0.6 is 0 Å². The molecule has 0 bridgehead atoms. The van der Waals surface area contributed by atoms with E-state index in [-0.39, 0.29) is 39.2 Å². The summed E-state index contributed by atoms with van der Waals surface area (Å²) in [6.07, 6.45) is 1.81. The maximum atomic E-state index is 14.0. The van der Waals surface area contributed by atoms with E-state index in [4.69, 9.17) is 4.74 Å². The topological polar surface area (TPSA) is 108 Å². The Labute approximate surface area is 209 Å². The van der Waals surface area contributed by atoms with E-state index in [1.54, 1.807) is 29.3 Å². The number of hydrogen-bond donors (Lipinski definition) is 2. The van der Waals surface area contributed by atoms with Crippen LogP contribution in [0.2, 0.25) is 0 Å². The summed E-state index contributed by atoms with van der Waals surface area (Å²) >= 11 is 0. The van der Waals surface area contributed by atoms with Crippen LogP contribution in [0.15, 0.2) is 47.5 Å². The smallest absolute Gasteiger partial charge is 0.266 e. The summed E-state index contributed by atoms with van der Waals surface area (Å²) in [5, 5.41) is 2.82. The van der Waals surface area contributed by atoms with E-state index in [0.29, 0.717) is 42.1 Å². The van der Waals surface area contributed by atoms with Gasteiger partial charge in [0.25, 0.3) is 5.92 Å². The summed E-state index contributed by atoms with van der Waals surface area (Å²) < 4.78 is 61.5. The number of aromatic nitrogens is 2. The van der Waals surface area contributed by atoms with E-state index >= 15 is 0 Å². The number of aromatic amines is 1. The zero-order chi connectivity index (χ0) is 25.1. The number of halogens is 2.